The van der Waals surface area contributed by atoms with Gasteiger partial charge in [0.25, 0.3) is 0 Å². The van der Waals surface area contributed by atoms with E-state index in [2.05, 4.69) is 17.3 Å². The van der Waals surface area contributed by atoms with Gasteiger partial charge in [-0.1, -0.05) is 92.2 Å². The summed E-state index contributed by atoms with van der Waals surface area (Å²) in [5.74, 6) is -0.195. The molecule has 3 aromatic carbocycles. The number of ether oxygens (including phenoxy) is 1. The first-order valence-corrected chi connectivity index (χ1v) is 12.9. The molecular formula is C31H31N3O4. The molecule has 7 heteroatoms. The van der Waals surface area contributed by atoms with Gasteiger partial charge in [0.05, 0.1) is 11.6 Å². The summed E-state index contributed by atoms with van der Waals surface area (Å²) in [7, 11) is 1.78. The number of carbonyl (C=O) groups is 2. The molecular weight excluding hydrogens is 478 g/mol. The lowest BCUT2D eigenvalue weighted by Crippen LogP contribution is -2.19. The van der Waals surface area contributed by atoms with Crippen LogP contribution < -0.4 is 5.32 Å². The van der Waals surface area contributed by atoms with Gasteiger partial charge in [0.1, 0.15) is 11.9 Å². The molecule has 0 spiro atoms. The van der Waals surface area contributed by atoms with Crippen molar-refractivity contribution in [1.82, 2.24) is 9.78 Å². The van der Waals surface area contributed by atoms with E-state index in [1.54, 1.807) is 17.9 Å². The Bertz CT molecular complexity index is 1420. The van der Waals surface area contributed by atoms with Gasteiger partial charge in [-0.05, 0) is 47.1 Å². The summed E-state index contributed by atoms with van der Waals surface area (Å²) in [4.78, 5) is 24.5. The summed E-state index contributed by atoms with van der Waals surface area (Å²) >= 11 is 0. The molecule has 1 fully saturated rings. The molecule has 1 aromatic heterocycles. The van der Waals surface area contributed by atoms with E-state index in [1.807, 2.05) is 78.9 Å². The molecule has 5 rings (SSSR count). The Balaban J connectivity index is 1.31. The Morgan fingerprint density at radius 1 is 0.974 bits per heavy atom. The van der Waals surface area contributed by atoms with Crippen LogP contribution in [0.1, 0.15) is 49.8 Å². The lowest BCUT2D eigenvalue weighted by molar-refractivity contribution is -0.140. The van der Waals surface area contributed by atoms with E-state index >= 15 is 0 Å². The van der Waals surface area contributed by atoms with Crippen molar-refractivity contribution in [3.8, 4) is 22.3 Å². The molecule has 1 heterocycles. The molecule has 7 nitrogen and oxygen atoms in total. The van der Waals surface area contributed by atoms with Crippen molar-refractivity contribution in [3.05, 3.63) is 96.2 Å². The highest BCUT2D eigenvalue weighted by molar-refractivity contribution is 5.90. The summed E-state index contributed by atoms with van der Waals surface area (Å²) in [6.07, 6.45) is 3.88. The van der Waals surface area contributed by atoms with E-state index in [9.17, 15) is 14.7 Å². The molecule has 38 heavy (non-hydrogen) atoms. The molecule has 0 aliphatic heterocycles. The zero-order valence-corrected chi connectivity index (χ0v) is 21.6. The summed E-state index contributed by atoms with van der Waals surface area (Å²) in [5.41, 5.74) is 4.84. The SMILES string of the molecule is CCCC(OC(=O)Nc1c(-c2ccc(-c3ccc(C4(C(=O)O)CC4)cc3)cc2)cnn1C)c1ccccc1. The van der Waals surface area contributed by atoms with Crippen LogP contribution in [-0.2, 0) is 22.0 Å². The van der Waals surface area contributed by atoms with Gasteiger partial charge in [-0.2, -0.15) is 5.10 Å². The number of rotatable bonds is 9. The van der Waals surface area contributed by atoms with Crippen molar-refractivity contribution in [2.45, 2.75) is 44.1 Å². The Morgan fingerprint density at radius 2 is 1.58 bits per heavy atom. The number of aryl methyl sites for hydroxylation is 1. The second kappa shape index (κ2) is 10.5. The standard InChI is InChI=1S/C31H31N3O4/c1-3-7-27(24-8-5-4-6-9-24)38-30(37)33-28-26(20-32-34(28)2)23-12-10-21(11-13-23)22-14-16-25(17-15-22)31(18-19-31)29(35)36/h4-6,8-17,20,27H,3,7,18-19H2,1-2H3,(H,33,37)(H,35,36). The molecule has 2 N–H and O–H groups in total. The number of hydrogen-bond donors (Lipinski definition) is 2. The number of nitrogens with zero attached hydrogens (tertiary/aromatic N) is 2. The van der Waals surface area contributed by atoms with Gasteiger partial charge in [-0.25, -0.2) is 4.79 Å². The first-order valence-electron chi connectivity index (χ1n) is 12.9. The average molecular weight is 510 g/mol. The van der Waals surface area contributed by atoms with Gasteiger partial charge < -0.3 is 9.84 Å². The molecule has 0 bridgehead atoms. The highest BCUT2D eigenvalue weighted by atomic mass is 16.6. The summed E-state index contributed by atoms with van der Waals surface area (Å²) in [5, 5.41) is 16.8. The minimum Gasteiger partial charge on any atom is -0.481 e. The number of nitrogens with one attached hydrogen (secondary N) is 1. The van der Waals surface area contributed by atoms with Gasteiger partial charge >= 0.3 is 12.1 Å². The predicted molar refractivity (Wildman–Crippen MR) is 147 cm³/mol. The number of hydrogen-bond acceptors (Lipinski definition) is 4. The van der Waals surface area contributed by atoms with Crippen LogP contribution >= 0.6 is 0 Å². The van der Waals surface area contributed by atoms with Crippen molar-refractivity contribution in [3.63, 3.8) is 0 Å². The minimum atomic E-state index is -0.750. The number of carboxylic acids is 1. The quantitative estimate of drug-likeness (QED) is 0.254. The number of anilines is 1. The van der Waals surface area contributed by atoms with Crippen LogP contribution in [0.2, 0.25) is 0 Å². The van der Waals surface area contributed by atoms with Crippen LogP contribution in [0, 0.1) is 0 Å². The number of amides is 1. The molecule has 1 aliphatic rings. The fraction of sp³-hybridized carbons (Fsp3) is 0.258. The van der Waals surface area contributed by atoms with E-state index in [0.717, 1.165) is 46.2 Å². The van der Waals surface area contributed by atoms with Gasteiger partial charge in [0.2, 0.25) is 0 Å². The van der Waals surface area contributed by atoms with Gasteiger partial charge in [0, 0.05) is 12.6 Å². The average Bonchev–Trinajstić information content (AvgIpc) is 3.68. The molecule has 1 unspecified atom stereocenters. The van der Waals surface area contributed by atoms with E-state index in [0.29, 0.717) is 18.7 Å². The van der Waals surface area contributed by atoms with Gasteiger partial charge in [-0.15, -0.1) is 0 Å². The van der Waals surface area contributed by atoms with Crippen molar-refractivity contribution in [1.29, 1.82) is 0 Å². The summed E-state index contributed by atoms with van der Waals surface area (Å²) in [6.45, 7) is 2.06. The lowest BCUT2D eigenvalue weighted by Gasteiger charge is -2.18. The number of aromatic nitrogens is 2. The maximum absolute atomic E-state index is 12.9. The Morgan fingerprint density at radius 3 is 2.16 bits per heavy atom. The van der Waals surface area contributed by atoms with Crippen LogP contribution in [0.25, 0.3) is 22.3 Å². The third kappa shape index (κ3) is 5.05. The molecule has 1 saturated carbocycles. The fourth-order valence-corrected chi connectivity index (χ4v) is 4.85. The highest BCUT2D eigenvalue weighted by Gasteiger charge is 2.51. The zero-order chi connectivity index (χ0) is 26.7. The normalized spacial score (nSPS) is 14.5. The van der Waals surface area contributed by atoms with E-state index in [4.69, 9.17) is 4.74 Å². The van der Waals surface area contributed by atoms with Crippen molar-refractivity contribution < 1.29 is 19.4 Å². The number of carboxylic acid groups (broad SMARTS) is 1. The predicted octanol–water partition coefficient (Wildman–Crippen LogP) is 6.96. The maximum atomic E-state index is 12.9. The highest BCUT2D eigenvalue weighted by Crippen LogP contribution is 2.48. The van der Waals surface area contributed by atoms with Crippen LogP contribution in [0.3, 0.4) is 0 Å². The first-order chi connectivity index (χ1) is 18.4. The molecule has 1 atom stereocenters. The Labute approximate surface area is 222 Å². The lowest BCUT2D eigenvalue weighted by atomic mass is 9.93. The summed E-state index contributed by atoms with van der Waals surface area (Å²) in [6, 6.07) is 25.5. The summed E-state index contributed by atoms with van der Waals surface area (Å²) < 4.78 is 7.42. The third-order valence-electron chi connectivity index (χ3n) is 7.26. The maximum Gasteiger partial charge on any atom is 0.413 e. The number of benzene rings is 3. The smallest absolute Gasteiger partial charge is 0.413 e. The molecule has 0 saturated heterocycles. The second-order valence-corrected chi connectivity index (χ2v) is 9.79. The Kier molecular flexibility index (Phi) is 7.01. The zero-order valence-electron chi connectivity index (χ0n) is 21.6. The third-order valence-corrected chi connectivity index (χ3v) is 7.26. The van der Waals surface area contributed by atoms with Crippen LogP contribution in [0.15, 0.2) is 85.1 Å². The molecule has 1 aliphatic carbocycles. The molecule has 1 amide bonds. The number of aliphatic carboxylic acids is 1. The van der Waals surface area contributed by atoms with E-state index in [1.165, 1.54) is 0 Å². The van der Waals surface area contributed by atoms with Crippen LogP contribution in [-0.4, -0.2) is 26.9 Å². The van der Waals surface area contributed by atoms with E-state index < -0.39 is 17.5 Å². The topological polar surface area (TPSA) is 93.4 Å². The fourth-order valence-electron chi connectivity index (χ4n) is 4.85. The van der Waals surface area contributed by atoms with Gasteiger partial charge in [0.15, 0.2) is 0 Å². The van der Waals surface area contributed by atoms with Crippen molar-refractivity contribution in [2.24, 2.45) is 7.05 Å². The monoisotopic (exact) mass is 509 g/mol. The second-order valence-electron chi connectivity index (χ2n) is 9.79. The van der Waals surface area contributed by atoms with Crippen LogP contribution in [0.5, 0.6) is 0 Å². The minimum absolute atomic E-state index is 0.325. The molecule has 4 aromatic rings. The van der Waals surface area contributed by atoms with Crippen molar-refractivity contribution >= 4 is 17.9 Å². The van der Waals surface area contributed by atoms with Crippen molar-refractivity contribution in [2.75, 3.05) is 5.32 Å². The van der Waals surface area contributed by atoms with E-state index in [-0.39, 0.29) is 6.10 Å². The molecule has 0 radical (unpaired) electrons. The van der Waals surface area contributed by atoms with Gasteiger partial charge in [-0.3, -0.25) is 14.8 Å². The first kappa shape index (κ1) is 25.3. The van der Waals surface area contributed by atoms with Crippen LogP contribution in [0.4, 0.5) is 10.6 Å². The number of carbonyl (C=O) groups excluding carboxylic acids is 1. The molecule has 194 valence electrons. The Hall–Kier alpha value is -4.39. The largest absolute Gasteiger partial charge is 0.481 e.